The van der Waals surface area contributed by atoms with Gasteiger partial charge in [-0.05, 0) is 42.6 Å². The molecule has 37 heavy (non-hydrogen) atoms. The van der Waals surface area contributed by atoms with Gasteiger partial charge in [0, 0.05) is 37.5 Å². The minimum absolute atomic E-state index is 0.00498. The average molecular weight is 537 g/mol. The van der Waals surface area contributed by atoms with E-state index in [9.17, 15) is 14.7 Å². The van der Waals surface area contributed by atoms with Crippen LogP contribution in [-0.4, -0.2) is 56.4 Å². The number of aliphatic hydroxyl groups is 1. The van der Waals surface area contributed by atoms with Gasteiger partial charge in [0.25, 0.3) is 5.56 Å². The number of nitrogens with one attached hydrogen (secondary N) is 3. The number of hydrogen-bond donors (Lipinski definition) is 4. The molecule has 2 atom stereocenters. The molecule has 6 rings (SSSR count). The Balaban J connectivity index is 1.03. The number of carbonyl (C=O) groups excluding carboxylic acids is 1. The van der Waals surface area contributed by atoms with Crippen molar-refractivity contribution in [2.24, 2.45) is 0 Å². The number of likely N-dealkylation sites (tertiary alicyclic amines) is 1. The highest BCUT2D eigenvalue weighted by Gasteiger charge is 2.35. The predicted molar refractivity (Wildman–Crippen MR) is 145 cm³/mol. The van der Waals surface area contributed by atoms with Crippen LogP contribution >= 0.6 is 22.7 Å². The molecule has 1 unspecified atom stereocenters. The molecule has 2 saturated heterocycles. The lowest BCUT2D eigenvalue weighted by molar-refractivity contribution is -0.117. The molecule has 4 N–H and O–H groups in total. The summed E-state index contributed by atoms with van der Waals surface area (Å²) >= 11 is 3.11. The number of H-pyrrole nitrogens is 1. The van der Waals surface area contributed by atoms with Gasteiger partial charge in [-0.25, -0.2) is 9.67 Å². The minimum Gasteiger partial charge on any atom is -0.373 e. The highest BCUT2D eigenvalue weighted by atomic mass is 32.1. The molecular formula is C26H28N6O3S2. The van der Waals surface area contributed by atoms with Crippen LogP contribution < -0.4 is 16.2 Å². The number of aromatic amines is 1. The second kappa shape index (κ2) is 10.3. The first-order valence-electron chi connectivity index (χ1n) is 12.4. The van der Waals surface area contributed by atoms with Crippen molar-refractivity contribution in [2.45, 2.75) is 37.6 Å². The molecule has 0 saturated carbocycles. The molecule has 1 aromatic carbocycles. The van der Waals surface area contributed by atoms with Crippen LogP contribution in [-0.2, 0) is 11.3 Å². The molecule has 0 spiro atoms. The molecule has 9 nitrogen and oxygen atoms in total. The van der Waals surface area contributed by atoms with Gasteiger partial charge in [-0.2, -0.15) is 0 Å². The summed E-state index contributed by atoms with van der Waals surface area (Å²) in [6, 6.07) is 13.3. The number of aromatic nitrogens is 3. The van der Waals surface area contributed by atoms with Gasteiger partial charge in [-0.3, -0.25) is 14.5 Å². The quantitative estimate of drug-likeness (QED) is 0.275. The first kappa shape index (κ1) is 24.3. The van der Waals surface area contributed by atoms with E-state index in [1.165, 1.54) is 17.4 Å². The zero-order valence-corrected chi connectivity index (χ0v) is 21.7. The Hall–Kier alpha value is -3.09. The molecule has 1 amide bonds. The third kappa shape index (κ3) is 5.18. The van der Waals surface area contributed by atoms with Crippen LogP contribution in [0.4, 0.5) is 5.00 Å². The van der Waals surface area contributed by atoms with E-state index >= 15 is 0 Å². The van der Waals surface area contributed by atoms with Crippen molar-refractivity contribution in [3.05, 3.63) is 80.7 Å². The van der Waals surface area contributed by atoms with Crippen molar-refractivity contribution >= 4 is 33.6 Å². The molecule has 2 aliphatic heterocycles. The first-order valence-corrected chi connectivity index (χ1v) is 14.0. The second-order valence-corrected chi connectivity index (χ2v) is 11.7. The Bertz CT molecular complexity index is 1430. The van der Waals surface area contributed by atoms with Crippen LogP contribution in [0.3, 0.4) is 0 Å². The number of amides is 1. The lowest BCUT2D eigenvalue weighted by Gasteiger charge is -2.40. The van der Waals surface area contributed by atoms with Gasteiger partial charge in [-0.1, -0.05) is 24.3 Å². The van der Waals surface area contributed by atoms with Crippen LogP contribution in [0.15, 0.2) is 59.7 Å². The Morgan fingerprint density at radius 2 is 2.00 bits per heavy atom. The minimum atomic E-state index is -0.685. The fourth-order valence-corrected chi connectivity index (χ4v) is 6.70. The smallest absolute Gasteiger partial charge is 0.266 e. The Labute approximate surface area is 221 Å². The zero-order chi connectivity index (χ0) is 25.4. The van der Waals surface area contributed by atoms with Crippen LogP contribution in [0.25, 0.3) is 10.4 Å². The van der Waals surface area contributed by atoms with Gasteiger partial charge in [0.1, 0.15) is 6.23 Å². The van der Waals surface area contributed by atoms with Gasteiger partial charge >= 0.3 is 0 Å². The summed E-state index contributed by atoms with van der Waals surface area (Å²) in [6.07, 6.45) is 4.76. The van der Waals surface area contributed by atoms with E-state index < -0.39 is 6.23 Å². The van der Waals surface area contributed by atoms with E-state index in [-0.39, 0.29) is 17.5 Å². The summed E-state index contributed by atoms with van der Waals surface area (Å²) < 4.78 is 1.57. The molecule has 3 aromatic heterocycles. The monoisotopic (exact) mass is 536 g/mol. The van der Waals surface area contributed by atoms with Crippen LogP contribution in [0, 0.1) is 0 Å². The highest BCUT2D eigenvalue weighted by molar-refractivity contribution is 7.16. The third-order valence-electron chi connectivity index (χ3n) is 6.93. The standard InChI is InChI=1S/C26H28N6O3S2/c33-23-9-11-29-32(23)13-16-3-5-17(6-4-16)21-12-28-25(37-21)18-14-31(15-18)26(35)20-7-8-22(36-20)30-24(34)19-2-1-10-27-19/h3-9,11-12,18-19,26-27,29,35H,1-2,10,13-15H2,(H,30,34)/t19-,26?/m0/s1. The number of nitrogens with zero attached hydrogens (tertiary/aromatic N) is 3. The largest absolute Gasteiger partial charge is 0.373 e. The van der Waals surface area contributed by atoms with Crippen LogP contribution in [0.5, 0.6) is 0 Å². The lowest BCUT2D eigenvalue weighted by atomic mass is 10.0. The molecule has 2 fully saturated rings. The van der Waals surface area contributed by atoms with Gasteiger partial charge in [0.05, 0.1) is 32.3 Å². The van der Waals surface area contributed by atoms with Crippen LogP contribution in [0.1, 0.15) is 40.4 Å². The summed E-state index contributed by atoms with van der Waals surface area (Å²) in [5.41, 5.74) is 2.11. The van der Waals surface area contributed by atoms with Gasteiger partial charge in [0.2, 0.25) is 5.91 Å². The topological polar surface area (TPSA) is 115 Å². The lowest BCUT2D eigenvalue weighted by Crippen LogP contribution is -2.46. The fraction of sp³-hybridized carbons (Fsp3) is 0.346. The number of thiophene rings is 1. The van der Waals surface area contributed by atoms with Crippen molar-refractivity contribution in [1.82, 2.24) is 25.0 Å². The summed E-state index contributed by atoms with van der Waals surface area (Å²) in [5.74, 6) is 0.287. The maximum atomic E-state index is 12.3. The van der Waals surface area contributed by atoms with E-state index in [1.54, 1.807) is 22.2 Å². The summed E-state index contributed by atoms with van der Waals surface area (Å²) in [6.45, 7) is 2.87. The molecule has 5 heterocycles. The average Bonchev–Trinajstić information content (AvgIpc) is 3.68. The zero-order valence-electron chi connectivity index (χ0n) is 20.1. The maximum absolute atomic E-state index is 12.3. The van der Waals surface area contributed by atoms with Crippen molar-refractivity contribution < 1.29 is 9.90 Å². The second-order valence-electron chi connectivity index (χ2n) is 9.51. The Kier molecular flexibility index (Phi) is 6.78. The number of carbonyl (C=O) groups is 1. The van der Waals surface area contributed by atoms with Gasteiger partial charge in [0.15, 0.2) is 0 Å². The number of anilines is 1. The molecule has 0 aliphatic carbocycles. The molecular weight excluding hydrogens is 508 g/mol. The molecule has 11 heteroatoms. The Morgan fingerprint density at radius 3 is 2.73 bits per heavy atom. The number of thiazole rings is 1. The molecule has 192 valence electrons. The SMILES string of the molecule is O=C(Nc1ccc(C(O)N2CC(c3ncc(-c4ccc(Cn5[nH]ccc5=O)cc4)s3)C2)s1)[C@@H]1CCCN1. The number of aliphatic hydroxyl groups excluding tert-OH is 1. The van der Waals surface area contributed by atoms with Crippen molar-refractivity contribution in [2.75, 3.05) is 25.0 Å². The summed E-state index contributed by atoms with van der Waals surface area (Å²) in [4.78, 5) is 32.7. The summed E-state index contributed by atoms with van der Waals surface area (Å²) in [7, 11) is 0. The third-order valence-corrected chi connectivity index (χ3v) is 9.18. The van der Waals surface area contributed by atoms with E-state index in [2.05, 4.69) is 32.8 Å². The molecule has 0 radical (unpaired) electrons. The summed E-state index contributed by atoms with van der Waals surface area (Å²) in [5, 5.41) is 21.8. The normalized spacial score (nSPS) is 19.1. The number of benzene rings is 1. The van der Waals surface area contributed by atoms with Gasteiger partial charge < -0.3 is 20.8 Å². The number of rotatable bonds is 8. The van der Waals surface area contributed by atoms with Crippen molar-refractivity contribution in [1.29, 1.82) is 0 Å². The first-order chi connectivity index (χ1) is 18.0. The van der Waals surface area contributed by atoms with Crippen LogP contribution in [0.2, 0.25) is 0 Å². The predicted octanol–water partition coefficient (Wildman–Crippen LogP) is 3.19. The van der Waals surface area contributed by atoms with Gasteiger partial charge in [-0.15, -0.1) is 22.7 Å². The van der Waals surface area contributed by atoms with Crippen molar-refractivity contribution in [3.8, 4) is 10.4 Å². The van der Waals surface area contributed by atoms with E-state index in [4.69, 9.17) is 0 Å². The number of hydrogen-bond acceptors (Lipinski definition) is 8. The molecule has 0 bridgehead atoms. The van der Waals surface area contributed by atoms with E-state index in [1.807, 2.05) is 35.4 Å². The van der Waals surface area contributed by atoms with E-state index in [0.717, 1.165) is 63.4 Å². The Morgan fingerprint density at radius 1 is 1.16 bits per heavy atom. The molecule has 2 aliphatic rings. The van der Waals surface area contributed by atoms with Crippen molar-refractivity contribution in [3.63, 3.8) is 0 Å². The van der Waals surface area contributed by atoms with E-state index in [0.29, 0.717) is 12.5 Å². The highest BCUT2D eigenvalue weighted by Crippen LogP contribution is 2.39. The molecule has 4 aromatic rings. The fourth-order valence-electron chi connectivity index (χ4n) is 4.77. The maximum Gasteiger partial charge on any atom is 0.266 e.